The van der Waals surface area contributed by atoms with Crippen molar-refractivity contribution >= 4 is 34.8 Å². The van der Waals surface area contributed by atoms with Crippen LogP contribution in [-0.2, 0) is 40.0 Å². The van der Waals surface area contributed by atoms with Gasteiger partial charge in [0.15, 0.2) is 11.6 Å². The average Bonchev–Trinajstić information content (AvgIpc) is 3.54. The summed E-state index contributed by atoms with van der Waals surface area (Å²) in [5, 5.41) is 25.4. The van der Waals surface area contributed by atoms with Gasteiger partial charge in [-0.05, 0) is 37.2 Å². The van der Waals surface area contributed by atoms with Crippen LogP contribution in [-0.4, -0.2) is 90.3 Å². The molecule has 0 saturated carbocycles. The summed E-state index contributed by atoms with van der Waals surface area (Å²) in [7, 11) is 5.74. The summed E-state index contributed by atoms with van der Waals surface area (Å²) in [6.07, 6.45) is 0.703. The zero-order valence-electron chi connectivity index (χ0n) is 26.5. The number of amides is 2. The molecule has 6 rings (SSSR count). The normalized spacial score (nSPS) is 15.7. The lowest BCUT2D eigenvalue weighted by Gasteiger charge is -2.27. The van der Waals surface area contributed by atoms with E-state index < -0.39 is 6.10 Å². The number of β-amino-alcohol motifs (C(OH)–C–C–N with tert-alkyl or cyclic N) is 1. The second kappa shape index (κ2) is 13.0. The minimum atomic E-state index is -0.817. The maximum atomic E-state index is 13.5. The summed E-state index contributed by atoms with van der Waals surface area (Å²) < 4.78 is 3.68. The van der Waals surface area contributed by atoms with Crippen molar-refractivity contribution in [3.8, 4) is 11.1 Å². The molecule has 2 amide bonds. The van der Waals surface area contributed by atoms with Crippen molar-refractivity contribution in [3.63, 3.8) is 0 Å². The SMILES string of the molecule is Cc1c(NC(=O)c2nc3c(n2C)CCN(C[C@H](O)CO)C3)cccc1-c1cccc(NC(=O)c2nc3c(n2C)CCN(C)C3)c1Cl. The van der Waals surface area contributed by atoms with Crippen LogP contribution in [0.4, 0.5) is 11.4 Å². The molecule has 4 N–H and O–H groups in total. The van der Waals surface area contributed by atoms with E-state index in [1.165, 1.54) is 0 Å². The van der Waals surface area contributed by atoms with Gasteiger partial charge < -0.3 is 34.9 Å². The predicted molar refractivity (Wildman–Crippen MR) is 176 cm³/mol. The molecule has 2 aliphatic rings. The molecule has 0 radical (unpaired) electrons. The topological polar surface area (TPSA) is 141 Å². The highest BCUT2D eigenvalue weighted by atomic mass is 35.5. The van der Waals surface area contributed by atoms with Crippen LogP contribution in [0.5, 0.6) is 0 Å². The van der Waals surface area contributed by atoms with E-state index in [0.29, 0.717) is 66.2 Å². The van der Waals surface area contributed by atoms with Crippen molar-refractivity contribution in [1.29, 1.82) is 0 Å². The van der Waals surface area contributed by atoms with E-state index in [9.17, 15) is 19.8 Å². The van der Waals surface area contributed by atoms with E-state index in [-0.39, 0.29) is 18.4 Å². The Morgan fingerprint density at radius 1 is 0.870 bits per heavy atom. The van der Waals surface area contributed by atoms with Crippen LogP contribution < -0.4 is 10.6 Å². The molecule has 0 unspecified atom stereocenters. The fourth-order valence-corrected chi connectivity index (χ4v) is 6.69. The van der Waals surface area contributed by atoms with Gasteiger partial charge in [0.05, 0.1) is 34.8 Å². The molecule has 2 aliphatic heterocycles. The lowest BCUT2D eigenvalue weighted by molar-refractivity contribution is 0.0544. The molecule has 0 saturated heterocycles. The molecule has 2 aromatic carbocycles. The van der Waals surface area contributed by atoms with Crippen molar-refractivity contribution in [2.75, 3.05) is 43.9 Å². The van der Waals surface area contributed by atoms with Gasteiger partial charge in [-0.25, -0.2) is 9.97 Å². The molecule has 4 heterocycles. The molecule has 13 heteroatoms. The molecule has 2 aromatic heterocycles. The van der Waals surface area contributed by atoms with E-state index in [4.69, 9.17) is 11.6 Å². The Kier molecular flexibility index (Phi) is 8.99. The van der Waals surface area contributed by atoms with Crippen LogP contribution in [0.25, 0.3) is 11.1 Å². The third-order valence-electron chi connectivity index (χ3n) is 8.99. The number of rotatable bonds is 8. The fourth-order valence-electron chi connectivity index (χ4n) is 6.41. The highest BCUT2D eigenvalue weighted by Crippen LogP contribution is 2.38. The number of aliphatic hydroxyl groups is 2. The second-order valence-corrected chi connectivity index (χ2v) is 12.5. The minimum Gasteiger partial charge on any atom is -0.394 e. The van der Waals surface area contributed by atoms with E-state index >= 15 is 0 Å². The standard InChI is InChI=1S/C33H39ClN8O4/c1-19-21(22-8-6-10-24(29(22)34)38-33(46)31-35-25-16-39(2)13-11-27(25)40(31)3)7-5-9-23(19)37-32(45)30-36-26-17-42(15-20(44)18-43)14-12-28(26)41(30)4/h5-10,20,43-44H,11-18H2,1-4H3,(H,37,45)(H,38,46)/t20-/m0/s1. The molecule has 242 valence electrons. The molecule has 46 heavy (non-hydrogen) atoms. The van der Waals surface area contributed by atoms with E-state index in [1.54, 1.807) is 6.07 Å². The second-order valence-electron chi connectivity index (χ2n) is 12.1. The lowest BCUT2D eigenvalue weighted by atomic mass is 9.98. The first-order valence-electron chi connectivity index (χ1n) is 15.4. The third-order valence-corrected chi connectivity index (χ3v) is 9.39. The molecule has 1 atom stereocenters. The smallest absolute Gasteiger partial charge is 0.291 e. The van der Waals surface area contributed by atoms with Gasteiger partial charge in [-0.3, -0.25) is 14.5 Å². The first-order chi connectivity index (χ1) is 22.0. The van der Waals surface area contributed by atoms with Crippen LogP contribution >= 0.6 is 11.6 Å². The number of imidazole rings is 2. The van der Waals surface area contributed by atoms with Gasteiger partial charge in [0.1, 0.15) is 0 Å². The molecule has 0 spiro atoms. The Hall–Kier alpha value is -4.07. The number of carbonyl (C=O) groups excluding carboxylic acids is 2. The minimum absolute atomic E-state index is 0.296. The number of carbonyl (C=O) groups is 2. The maximum Gasteiger partial charge on any atom is 0.291 e. The van der Waals surface area contributed by atoms with Crippen LogP contribution in [0.3, 0.4) is 0 Å². The van der Waals surface area contributed by atoms with Crippen LogP contribution in [0.2, 0.25) is 5.02 Å². The first kappa shape index (κ1) is 31.9. The molecule has 0 bridgehead atoms. The monoisotopic (exact) mass is 646 g/mol. The molecular formula is C33H39ClN8O4. The van der Waals surface area contributed by atoms with Gasteiger partial charge in [0.2, 0.25) is 0 Å². The largest absolute Gasteiger partial charge is 0.394 e. The van der Waals surface area contributed by atoms with Gasteiger partial charge >= 0.3 is 0 Å². The number of aromatic nitrogens is 4. The number of halogens is 1. The van der Waals surface area contributed by atoms with Gasteiger partial charge in [-0.2, -0.15) is 0 Å². The summed E-state index contributed by atoms with van der Waals surface area (Å²) in [6, 6.07) is 11.1. The van der Waals surface area contributed by atoms with Crippen molar-refractivity contribution in [2.24, 2.45) is 14.1 Å². The molecule has 0 aliphatic carbocycles. The summed E-state index contributed by atoms with van der Waals surface area (Å²) in [5.41, 5.74) is 7.18. The molecule has 4 aromatic rings. The molecule has 0 fully saturated rings. The maximum absolute atomic E-state index is 13.5. The van der Waals surface area contributed by atoms with Crippen molar-refractivity contribution < 1.29 is 19.8 Å². The van der Waals surface area contributed by atoms with Gasteiger partial charge in [-0.15, -0.1) is 0 Å². The predicted octanol–water partition coefficient (Wildman–Crippen LogP) is 2.99. The molecule has 12 nitrogen and oxygen atoms in total. The lowest BCUT2D eigenvalue weighted by Crippen LogP contribution is -2.38. The Bertz CT molecular complexity index is 1820. The Balaban J connectivity index is 1.21. The Morgan fingerprint density at radius 2 is 1.43 bits per heavy atom. The summed E-state index contributed by atoms with van der Waals surface area (Å²) in [5.74, 6) is -0.0317. The van der Waals surface area contributed by atoms with E-state index in [0.717, 1.165) is 46.9 Å². The zero-order chi connectivity index (χ0) is 32.7. The van der Waals surface area contributed by atoms with Crippen molar-refractivity contribution in [1.82, 2.24) is 28.9 Å². The summed E-state index contributed by atoms with van der Waals surface area (Å²) >= 11 is 6.91. The zero-order valence-corrected chi connectivity index (χ0v) is 27.2. The fraction of sp³-hybridized carbons (Fsp3) is 0.394. The van der Waals surface area contributed by atoms with Gasteiger partial charge in [0, 0.05) is 82.3 Å². The summed E-state index contributed by atoms with van der Waals surface area (Å²) in [6.45, 7) is 4.77. The number of nitrogens with zero attached hydrogens (tertiary/aromatic N) is 6. The highest BCUT2D eigenvalue weighted by Gasteiger charge is 2.27. The van der Waals surface area contributed by atoms with Crippen molar-refractivity contribution in [3.05, 3.63) is 81.4 Å². The van der Waals surface area contributed by atoms with Gasteiger partial charge in [-0.1, -0.05) is 35.9 Å². The number of likely N-dealkylation sites (N-methyl/N-ethyl adjacent to an activating group) is 1. The third kappa shape index (κ3) is 6.06. The van der Waals surface area contributed by atoms with Gasteiger partial charge in [0.25, 0.3) is 11.8 Å². The average molecular weight is 647 g/mol. The Morgan fingerprint density at radius 3 is 2.09 bits per heavy atom. The number of nitrogens with one attached hydrogen (secondary N) is 2. The van der Waals surface area contributed by atoms with Crippen LogP contribution in [0.1, 0.15) is 49.6 Å². The summed E-state index contributed by atoms with van der Waals surface area (Å²) in [4.78, 5) is 40.3. The number of anilines is 2. The number of hydrogen-bond donors (Lipinski definition) is 4. The number of fused-ring (bicyclic) bond motifs is 2. The molecular weight excluding hydrogens is 608 g/mol. The quantitative estimate of drug-likeness (QED) is 0.229. The highest BCUT2D eigenvalue weighted by molar-refractivity contribution is 6.36. The Labute approximate surface area is 272 Å². The van der Waals surface area contributed by atoms with Crippen molar-refractivity contribution in [2.45, 2.75) is 39.0 Å². The van der Waals surface area contributed by atoms with E-state index in [2.05, 4.69) is 25.5 Å². The number of benzene rings is 2. The first-order valence-corrected chi connectivity index (χ1v) is 15.7. The van der Waals surface area contributed by atoms with Crippen LogP contribution in [0, 0.1) is 6.92 Å². The number of aliphatic hydroxyl groups excluding tert-OH is 2. The van der Waals surface area contributed by atoms with E-state index in [1.807, 2.05) is 72.4 Å². The van der Waals surface area contributed by atoms with Crippen LogP contribution in [0.15, 0.2) is 36.4 Å². The number of hydrogen-bond acceptors (Lipinski definition) is 8.